The van der Waals surface area contributed by atoms with Crippen LogP contribution < -0.4 is 4.74 Å². The van der Waals surface area contributed by atoms with Crippen molar-refractivity contribution in [2.75, 3.05) is 39.3 Å². The Kier molecular flexibility index (Phi) is 7.21. The molecule has 1 heterocycles. The Bertz CT molecular complexity index is 535. The van der Waals surface area contributed by atoms with Gasteiger partial charge >= 0.3 is 0 Å². The van der Waals surface area contributed by atoms with Gasteiger partial charge in [-0.25, -0.2) is 0 Å². The molecule has 2 atom stereocenters. The zero-order valence-electron chi connectivity index (χ0n) is 15.1. The summed E-state index contributed by atoms with van der Waals surface area (Å²) >= 11 is 0. The first-order chi connectivity index (χ1) is 11.5. The molecule has 1 aliphatic rings. The molecular formula is C19H30N2O3. The number of hydrogen-bond donors (Lipinski definition) is 1. The van der Waals surface area contributed by atoms with Crippen molar-refractivity contribution >= 4 is 5.78 Å². The second kappa shape index (κ2) is 9.16. The summed E-state index contributed by atoms with van der Waals surface area (Å²) in [5.41, 5.74) is 0.628. The van der Waals surface area contributed by atoms with Crippen molar-refractivity contribution in [3.8, 4) is 5.75 Å². The predicted molar refractivity (Wildman–Crippen MR) is 95.7 cm³/mol. The molecule has 1 N–H and O–H groups in total. The highest BCUT2D eigenvalue weighted by atomic mass is 16.5. The monoisotopic (exact) mass is 334 g/mol. The topological polar surface area (TPSA) is 53.0 Å². The number of β-amino-alcohol motifs (C(OH)–C–C–N with tert-alkyl or cyclic N) is 1. The molecule has 0 amide bonds. The molecule has 1 aliphatic heterocycles. The fourth-order valence-corrected chi connectivity index (χ4v) is 3.18. The van der Waals surface area contributed by atoms with Crippen molar-refractivity contribution in [1.29, 1.82) is 0 Å². The molecule has 5 heteroatoms. The Morgan fingerprint density at radius 3 is 2.92 bits per heavy atom. The highest BCUT2D eigenvalue weighted by Gasteiger charge is 2.22. The standard InChI is InChI=1S/C19H30N2O3/c1-4-20-9-6-10-21(15(2)12-20)13-18(23)14-24-19-8-5-7-17(11-19)16(3)22/h5,7-8,11,15,18,23H,4,6,9-10,12-14H2,1-3H3. The summed E-state index contributed by atoms with van der Waals surface area (Å²) in [6, 6.07) is 7.54. The smallest absolute Gasteiger partial charge is 0.159 e. The fourth-order valence-electron chi connectivity index (χ4n) is 3.18. The van der Waals surface area contributed by atoms with Crippen molar-refractivity contribution in [2.24, 2.45) is 0 Å². The van der Waals surface area contributed by atoms with Crippen LogP contribution in [-0.4, -0.2) is 72.2 Å². The molecule has 1 aromatic carbocycles. The third kappa shape index (κ3) is 5.58. The first-order valence-electron chi connectivity index (χ1n) is 8.88. The van der Waals surface area contributed by atoms with E-state index in [-0.39, 0.29) is 12.4 Å². The number of Topliss-reactive ketones (excluding diaryl/α,β-unsaturated/α-hetero) is 1. The molecule has 5 nitrogen and oxygen atoms in total. The van der Waals surface area contributed by atoms with Gasteiger partial charge in [-0.15, -0.1) is 0 Å². The van der Waals surface area contributed by atoms with E-state index in [2.05, 4.69) is 23.6 Å². The van der Waals surface area contributed by atoms with Crippen LogP contribution in [0.5, 0.6) is 5.75 Å². The molecule has 0 bridgehead atoms. The second-order valence-electron chi connectivity index (χ2n) is 6.64. The van der Waals surface area contributed by atoms with E-state index in [1.54, 1.807) is 18.2 Å². The molecule has 0 spiro atoms. The van der Waals surface area contributed by atoms with E-state index in [9.17, 15) is 9.90 Å². The minimum Gasteiger partial charge on any atom is -0.491 e. The SMILES string of the molecule is CCN1CCCN(CC(O)COc2cccc(C(C)=O)c2)C(C)C1. The third-order valence-electron chi connectivity index (χ3n) is 4.64. The number of nitrogens with zero attached hydrogens (tertiary/aromatic N) is 2. The van der Waals surface area contributed by atoms with Crippen LogP contribution in [0.1, 0.15) is 37.6 Å². The lowest BCUT2D eigenvalue weighted by Crippen LogP contribution is -2.44. The number of ether oxygens (including phenoxy) is 1. The van der Waals surface area contributed by atoms with E-state index in [0.717, 1.165) is 32.6 Å². The molecule has 0 saturated carbocycles. The lowest BCUT2D eigenvalue weighted by molar-refractivity contribution is 0.0552. The van der Waals surface area contributed by atoms with Gasteiger partial charge in [-0.1, -0.05) is 19.1 Å². The number of aliphatic hydroxyl groups excluding tert-OH is 1. The number of carbonyl (C=O) groups excluding carboxylic acids is 1. The Balaban J connectivity index is 1.83. The van der Waals surface area contributed by atoms with Crippen molar-refractivity contribution in [3.63, 3.8) is 0 Å². The second-order valence-corrected chi connectivity index (χ2v) is 6.64. The van der Waals surface area contributed by atoms with Crippen LogP contribution in [0, 0.1) is 0 Å². The first-order valence-corrected chi connectivity index (χ1v) is 8.88. The van der Waals surface area contributed by atoms with Gasteiger partial charge in [0, 0.05) is 24.7 Å². The van der Waals surface area contributed by atoms with Gasteiger partial charge in [0.1, 0.15) is 18.5 Å². The molecule has 2 unspecified atom stereocenters. The minimum absolute atomic E-state index is 0.0138. The van der Waals surface area contributed by atoms with Crippen molar-refractivity contribution < 1.29 is 14.6 Å². The maximum absolute atomic E-state index is 11.4. The van der Waals surface area contributed by atoms with Gasteiger partial charge in [-0.3, -0.25) is 9.69 Å². The number of ketones is 1. The number of rotatable bonds is 7. The van der Waals surface area contributed by atoms with Crippen LogP contribution in [0.25, 0.3) is 0 Å². The number of likely N-dealkylation sites (N-methyl/N-ethyl adjacent to an activating group) is 1. The zero-order valence-corrected chi connectivity index (χ0v) is 15.1. The Hall–Kier alpha value is -1.43. The largest absolute Gasteiger partial charge is 0.491 e. The summed E-state index contributed by atoms with van der Waals surface area (Å²) in [6.07, 6.45) is 0.591. The average molecular weight is 334 g/mol. The number of benzene rings is 1. The zero-order chi connectivity index (χ0) is 17.5. The van der Waals surface area contributed by atoms with E-state index in [0.29, 0.717) is 23.9 Å². The predicted octanol–water partition coefficient (Wildman–Crippen LogP) is 2.04. The lowest BCUT2D eigenvalue weighted by Gasteiger charge is -2.30. The van der Waals surface area contributed by atoms with Gasteiger partial charge in [-0.2, -0.15) is 0 Å². The number of aliphatic hydroxyl groups is 1. The van der Waals surface area contributed by atoms with Crippen molar-refractivity contribution in [1.82, 2.24) is 9.80 Å². The number of carbonyl (C=O) groups is 1. The van der Waals surface area contributed by atoms with Gasteiger partial charge in [0.05, 0.1) is 0 Å². The minimum atomic E-state index is -0.540. The summed E-state index contributed by atoms with van der Waals surface area (Å²) in [5, 5.41) is 10.3. The van der Waals surface area contributed by atoms with E-state index < -0.39 is 6.10 Å². The molecular weight excluding hydrogens is 304 g/mol. The number of hydrogen-bond acceptors (Lipinski definition) is 5. The maximum Gasteiger partial charge on any atom is 0.159 e. The van der Waals surface area contributed by atoms with Gasteiger partial charge in [0.25, 0.3) is 0 Å². The molecule has 0 aliphatic carbocycles. The summed E-state index contributed by atoms with van der Waals surface area (Å²) < 4.78 is 5.67. The van der Waals surface area contributed by atoms with Crippen LogP contribution in [-0.2, 0) is 0 Å². The van der Waals surface area contributed by atoms with Crippen LogP contribution in [0.3, 0.4) is 0 Å². The van der Waals surface area contributed by atoms with Crippen LogP contribution in [0.2, 0.25) is 0 Å². The van der Waals surface area contributed by atoms with Gasteiger partial charge in [-0.05, 0) is 52.0 Å². The van der Waals surface area contributed by atoms with Crippen LogP contribution in [0.15, 0.2) is 24.3 Å². The van der Waals surface area contributed by atoms with Crippen molar-refractivity contribution in [3.05, 3.63) is 29.8 Å². The van der Waals surface area contributed by atoms with E-state index in [1.807, 2.05) is 6.07 Å². The summed E-state index contributed by atoms with van der Waals surface area (Å²) in [6.45, 7) is 11.1. The highest BCUT2D eigenvalue weighted by molar-refractivity contribution is 5.94. The van der Waals surface area contributed by atoms with E-state index >= 15 is 0 Å². The van der Waals surface area contributed by atoms with Crippen LogP contribution >= 0.6 is 0 Å². The lowest BCUT2D eigenvalue weighted by atomic mass is 10.1. The average Bonchev–Trinajstić information content (AvgIpc) is 2.75. The highest BCUT2D eigenvalue weighted by Crippen LogP contribution is 2.15. The summed E-state index contributed by atoms with van der Waals surface area (Å²) in [7, 11) is 0. The van der Waals surface area contributed by atoms with Crippen LogP contribution in [0.4, 0.5) is 0 Å². The van der Waals surface area contributed by atoms with E-state index in [4.69, 9.17) is 4.74 Å². The summed E-state index contributed by atoms with van der Waals surface area (Å²) in [5.74, 6) is 0.641. The van der Waals surface area contributed by atoms with Gasteiger partial charge < -0.3 is 14.7 Å². The molecule has 24 heavy (non-hydrogen) atoms. The molecule has 134 valence electrons. The maximum atomic E-state index is 11.4. The molecule has 0 radical (unpaired) electrons. The fraction of sp³-hybridized carbons (Fsp3) is 0.632. The quantitative estimate of drug-likeness (QED) is 0.774. The Labute approximate surface area is 145 Å². The molecule has 1 fully saturated rings. The normalized spacial score (nSPS) is 21.2. The summed E-state index contributed by atoms with van der Waals surface area (Å²) in [4.78, 5) is 16.2. The van der Waals surface area contributed by atoms with E-state index in [1.165, 1.54) is 6.92 Å². The van der Waals surface area contributed by atoms with Gasteiger partial charge in [0.2, 0.25) is 0 Å². The third-order valence-corrected chi connectivity index (χ3v) is 4.64. The Morgan fingerprint density at radius 1 is 1.42 bits per heavy atom. The first kappa shape index (κ1) is 18.9. The van der Waals surface area contributed by atoms with Gasteiger partial charge in [0.15, 0.2) is 5.78 Å². The molecule has 2 rings (SSSR count). The van der Waals surface area contributed by atoms with Crippen molar-refractivity contribution in [2.45, 2.75) is 39.3 Å². The molecule has 1 aromatic rings. The Morgan fingerprint density at radius 2 is 2.21 bits per heavy atom. The molecule has 1 saturated heterocycles. The molecule has 0 aromatic heterocycles.